The molecule has 0 saturated carbocycles. The minimum atomic E-state index is -0.270. The Hall–Kier alpha value is -2.30. The van der Waals surface area contributed by atoms with Crippen LogP contribution in [0.25, 0.3) is 0 Å². The monoisotopic (exact) mass is 244 g/mol. The normalized spacial score (nSPS) is 12.1. The molecular weight excluding hydrogens is 228 g/mol. The van der Waals surface area contributed by atoms with Crippen LogP contribution in [0.2, 0.25) is 0 Å². The molecule has 1 amide bonds. The van der Waals surface area contributed by atoms with Crippen LogP contribution in [0.3, 0.4) is 0 Å². The topological polar surface area (TPSA) is 83.8 Å². The molecule has 0 saturated heterocycles. The molecule has 0 fully saturated rings. The van der Waals surface area contributed by atoms with Crippen LogP contribution in [0.5, 0.6) is 0 Å². The van der Waals surface area contributed by atoms with Crippen LogP contribution < -0.4 is 11.1 Å². The van der Waals surface area contributed by atoms with Gasteiger partial charge in [0.2, 0.25) is 0 Å². The lowest BCUT2D eigenvalue weighted by Gasteiger charge is -2.13. The molecular formula is C13H16N4O. The van der Waals surface area contributed by atoms with Gasteiger partial charge in [-0.3, -0.25) is 9.89 Å². The number of aromatic amines is 1. The molecule has 94 valence electrons. The third-order valence-electron chi connectivity index (χ3n) is 2.86. The summed E-state index contributed by atoms with van der Waals surface area (Å²) in [5.41, 5.74) is 8.15. The molecule has 4 N–H and O–H groups in total. The molecule has 0 bridgehead atoms. The largest absolute Gasteiger partial charge is 0.395 e. The number of hydrogen-bond donors (Lipinski definition) is 3. The number of aromatic nitrogens is 2. The maximum absolute atomic E-state index is 12.0. The van der Waals surface area contributed by atoms with Crippen molar-refractivity contribution in [3.05, 3.63) is 47.3 Å². The number of nitrogens with one attached hydrogen (secondary N) is 2. The molecule has 18 heavy (non-hydrogen) atoms. The van der Waals surface area contributed by atoms with Crippen LogP contribution in [-0.2, 0) is 0 Å². The van der Waals surface area contributed by atoms with Crippen molar-refractivity contribution >= 4 is 11.6 Å². The fourth-order valence-electron chi connectivity index (χ4n) is 1.70. The van der Waals surface area contributed by atoms with E-state index in [-0.39, 0.29) is 17.6 Å². The summed E-state index contributed by atoms with van der Waals surface area (Å²) in [5.74, 6) is -0.270. The Labute approximate surface area is 105 Å². The number of amides is 1. The smallest absolute Gasteiger partial charge is 0.274 e. The first kappa shape index (κ1) is 12.2. The standard InChI is InChI=1S/C13H16N4O/c1-8(10-6-4-3-5-7-10)15-13(18)12-11(14)9(2)16-17-12/h3-8H,14H2,1-2H3,(H,15,18)(H,16,17). The molecule has 0 radical (unpaired) electrons. The highest BCUT2D eigenvalue weighted by atomic mass is 16.2. The molecule has 5 heteroatoms. The first-order valence-electron chi connectivity index (χ1n) is 5.76. The third-order valence-corrected chi connectivity index (χ3v) is 2.86. The predicted octanol–water partition coefficient (Wildman–Crippen LogP) is 1.79. The zero-order valence-electron chi connectivity index (χ0n) is 10.4. The van der Waals surface area contributed by atoms with Gasteiger partial charge in [-0.15, -0.1) is 0 Å². The Bertz CT molecular complexity index is 547. The van der Waals surface area contributed by atoms with Crippen LogP contribution in [0.1, 0.15) is 34.7 Å². The Kier molecular flexibility index (Phi) is 3.32. The van der Waals surface area contributed by atoms with Gasteiger partial charge in [0.15, 0.2) is 5.69 Å². The quantitative estimate of drug-likeness (QED) is 0.769. The SMILES string of the molecule is Cc1[nH]nc(C(=O)NC(C)c2ccccc2)c1N. The molecule has 0 aliphatic rings. The second-order valence-electron chi connectivity index (χ2n) is 4.22. The number of H-pyrrole nitrogens is 1. The van der Waals surface area contributed by atoms with E-state index in [0.717, 1.165) is 5.56 Å². The van der Waals surface area contributed by atoms with Gasteiger partial charge in [0.1, 0.15) is 0 Å². The van der Waals surface area contributed by atoms with Crippen molar-refractivity contribution in [1.29, 1.82) is 0 Å². The molecule has 1 aromatic heterocycles. The van der Waals surface area contributed by atoms with Crippen molar-refractivity contribution < 1.29 is 4.79 Å². The number of nitrogens with two attached hydrogens (primary N) is 1. The lowest BCUT2D eigenvalue weighted by molar-refractivity contribution is 0.0935. The molecule has 0 aliphatic carbocycles. The summed E-state index contributed by atoms with van der Waals surface area (Å²) < 4.78 is 0. The van der Waals surface area contributed by atoms with Crippen LogP contribution >= 0.6 is 0 Å². The number of benzene rings is 1. The van der Waals surface area contributed by atoms with Crippen LogP contribution in [0.4, 0.5) is 5.69 Å². The highest BCUT2D eigenvalue weighted by molar-refractivity contribution is 5.97. The fourth-order valence-corrected chi connectivity index (χ4v) is 1.70. The van der Waals surface area contributed by atoms with Gasteiger partial charge in [0.05, 0.1) is 17.4 Å². The molecule has 2 aromatic rings. The van der Waals surface area contributed by atoms with Crippen molar-refractivity contribution in [3.8, 4) is 0 Å². The van der Waals surface area contributed by atoms with Gasteiger partial charge in [-0.1, -0.05) is 30.3 Å². The first-order chi connectivity index (χ1) is 8.59. The van der Waals surface area contributed by atoms with Crippen molar-refractivity contribution in [2.75, 3.05) is 5.73 Å². The van der Waals surface area contributed by atoms with Gasteiger partial charge in [0.25, 0.3) is 5.91 Å². The first-order valence-corrected chi connectivity index (χ1v) is 5.76. The van der Waals surface area contributed by atoms with E-state index in [2.05, 4.69) is 15.5 Å². The molecule has 1 unspecified atom stereocenters. The second-order valence-corrected chi connectivity index (χ2v) is 4.22. The summed E-state index contributed by atoms with van der Waals surface area (Å²) >= 11 is 0. The molecule has 0 aliphatic heterocycles. The van der Waals surface area contributed by atoms with E-state index in [1.54, 1.807) is 6.92 Å². The van der Waals surface area contributed by atoms with Gasteiger partial charge >= 0.3 is 0 Å². The summed E-state index contributed by atoms with van der Waals surface area (Å²) in [6.45, 7) is 3.70. The number of carbonyl (C=O) groups excluding carboxylic acids is 1. The van der Waals surface area contributed by atoms with E-state index in [1.807, 2.05) is 37.3 Å². The average molecular weight is 244 g/mol. The Morgan fingerprint density at radius 2 is 2.06 bits per heavy atom. The van der Waals surface area contributed by atoms with E-state index in [4.69, 9.17) is 5.73 Å². The van der Waals surface area contributed by atoms with E-state index < -0.39 is 0 Å². The predicted molar refractivity (Wildman–Crippen MR) is 70.1 cm³/mol. The van der Waals surface area contributed by atoms with Crippen molar-refractivity contribution in [1.82, 2.24) is 15.5 Å². The summed E-state index contributed by atoms with van der Waals surface area (Å²) in [6.07, 6.45) is 0. The van der Waals surface area contributed by atoms with E-state index in [9.17, 15) is 4.79 Å². The van der Waals surface area contributed by atoms with Gasteiger partial charge < -0.3 is 11.1 Å². The number of nitrogen functional groups attached to an aromatic ring is 1. The zero-order valence-corrected chi connectivity index (χ0v) is 10.4. The van der Waals surface area contributed by atoms with Crippen LogP contribution in [-0.4, -0.2) is 16.1 Å². The summed E-state index contributed by atoms with van der Waals surface area (Å²) in [6, 6.07) is 9.65. The number of anilines is 1. The highest BCUT2D eigenvalue weighted by Gasteiger charge is 2.17. The third kappa shape index (κ3) is 2.34. The van der Waals surface area contributed by atoms with Gasteiger partial charge in [-0.25, -0.2) is 0 Å². The second kappa shape index (κ2) is 4.91. The van der Waals surface area contributed by atoms with Gasteiger partial charge in [0, 0.05) is 0 Å². The van der Waals surface area contributed by atoms with E-state index >= 15 is 0 Å². The molecule has 1 atom stereocenters. The van der Waals surface area contributed by atoms with Crippen molar-refractivity contribution in [2.24, 2.45) is 0 Å². The van der Waals surface area contributed by atoms with Crippen LogP contribution in [0, 0.1) is 6.92 Å². The van der Waals surface area contributed by atoms with Crippen molar-refractivity contribution in [2.45, 2.75) is 19.9 Å². The van der Waals surface area contributed by atoms with Gasteiger partial charge in [-0.2, -0.15) is 5.10 Å². The maximum atomic E-state index is 12.0. The minimum Gasteiger partial charge on any atom is -0.395 e. The Morgan fingerprint density at radius 3 is 2.61 bits per heavy atom. The molecule has 2 rings (SSSR count). The minimum absolute atomic E-state index is 0.0879. The van der Waals surface area contributed by atoms with Gasteiger partial charge in [-0.05, 0) is 19.4 Å². The van der Waals surface area contributed by atoms with Crippen molar-refractivity contribution in [3.63, 3.8) is 0 Å². The summed E-state index contributed by atoms with van der Waals surface area (Å²) in [7, 11) is 0. The van der Waals surface area contributed by atoms with E-state index in [0.29, 0.717) is 11.4 Å². The number of hydrogen-bond acceptors (Lipinski definition) is 3. The fraction of sp³-hybridized carbons (Fsp3) is 0.231. The molecule has 1 aromatic carbocycles. The highest BCUT2D eigenvalue weighted by Crippen LogP contribution is 2.15. The summed E-state index contributed by atoms with van der Waals surface area (Å²) in [4.78, 5) is 12.0. The summed E-state index contributed by atoms with van der Waals surface area (Å²) in [5, 5.41) is 9.46. The lowest BCUT2D eigenvalue weighted by Crippen LogP contribution is -2.27. The molecule has 0 spiro atoms. The molecule has 5 nitrogen and oxygen atoms in total. The number of rotatable bonds is 3. The number of nitrogens with zero attached hydrogens (tertiary/aromatic N) is 1. The Morgan fingerprint density at radius 1 is 1.39 bits per heavy atom. The number of aryl methyl sites for hydroxylation is 1. The lowest BCUT2D eigenvalue weighted by atomic mass is 10.1. The average Bonchev–Trinajstić information content (AvgIpc) is 2.71. The zero-order chi connectivity index (χ0) is 13.1. The maximum Gasteiger partial charge on any atom is 0.274 e. The Balaban J connectivity index is 2.11. The van der Waals surface area contributed by atoms with E-state index in [1.165, 1.54) is 0 Å². The molecule has 1 heterocycles. The van der Waals surface area contributed by atoms with Crippen LogP contribution in [0.15, 0.2) is 30.3 Å². The number of carbonyl (C=O) groups is 1.